The lowest BCUT2D eigenvalue weighted by Gasteiger charge is -2.04. The first kappa shape index (κ1) is 9.74. The molecule has 0 aliphatic rings. The van der Waals surface area contributed by atoms with Crippen LogP contribution < -0.4 is 5.32 Å². The van der Waals surface area contributed by atoms with E-state index in [0.717, 1.165) is 0 Å². The summed E-state index contributed by atoms with van der Waals surface area (Å²) >= 11 is 5.30. The zero-order valence-electron chi connectivity index (χ0n) is 7.00. The van der Waals surface area contributed by atoms with Crippen LogP contribution in [0.1, 0.15) is 17.3 Å². The lowest BCUT2D eigenvalue weighted by Crippen LogP contribution is -2.08. The molecular weight excluding hydrogens is 190 g/mol. The Morgan fingerprint density at radius 1 is 1.31 bits per heavy atom. The van der Waals surface area contributed by atoms with Gasteiger partial charge in [-0.1, -0.05) is 12.1 Å². The third-order valence-electron chi connectivity index (χ3n) is 1.45. The molecule has 0 saturated heterocycles. The highest BCUT2D eigenvalue weighted by molar-refractivity contribution is 6.68. The number of hydrogen-bond acceptors (Lipinski definition) is 2. The van der Waals surface area contributed by atoms with E-state index in [1.165, 1.54) is 6.92 Å². The van der Waals surface area contributed by atoms with Crippen molar-refractivity contribution in [3.8, 4) is 0 Å². The van der Waals surface area contributed by atoms with E-state index < -0.39 is 5.24 Å². The van der Waals surface area contributed by atoms with Crippen LogP contribution in [0.4, 0.5) is 5.69 Å². The highest BCUT2D eigenvalue weighted by Gasteiger charge is 2.08. The van der Waals surface area contributed by atoms with E-state index in [0.29, 0.717) is 11.3 Å². The first-order valence-electron chi connectivity index (χ1n) is 3.67. The maximum Gasteiger partial charge on any atom is 0.254 e. The summed E-state index contributed by atoms with van der Waals surface area (Å²) in [6, 6.07) is 6.58. The molecule has 4 heteroatoms. The highest BCUT2D eigenvalue weighted by Crippen LogP contribution is 2.16. The van der Waals surface area contributed by atoms with Crippen LogP contribution in [0.25, 0.3) is 0 Å². The molecule has 1 rings (SSSR count). The molecule has 68 valence electrons. The Bertz CT molecular complexity index is 349. The summed E-state index contributed by atoms with van der Waals surface area (Å²) < 4.78 is 0. The van der Waals surface area contributed by atoms with Gasteiger partial charge in [-0.25, -0.2) is 0 Å². The number of carbonyl (C=O) groups excluding carboxylic acids is 2. The van der Waals surface area contributed by atoms with Crippen molar-refractivity contribution in [2.24, 2.45) is 0 Å². The van der Waals surface area contributed by atoms with Crippen molar-refractivity contribution in [1.82, 2.24) is 0 Å². The van der Waals surface area contributed by atoms with Crippen LogP contribution in [0, 0.1) is 0 Å². The number of anilines is 1. The van der Waals surface area contributed by atoms with Crippen LogP contribution in [-0.4, -0.2) is 11.1 Å². The molecule has 0 atom stereocenters. The van der Waals surface area contributed by atoms with Gasteiger partial charge in [0, 0.05) is 6.92 Å². The number of carbonyl (C=O) groups is 2. The highest BCUT2D eigenvalue weighted by atomic mass is 35.5. The van der Waals surface area contributed by atoms with Gasteiger partial charge in [-0.05, 0) is 23.7 Å². The molecule has 1 aromatic rings. The van der Waals surface area contributed by atoms with Gasteiger partial charge < -0.3 is 5.32 Å². The molecule has 0 saturated carbocycles. The van der Waals surface area contributed by atoms with Gasteiger partial charge in [-0.3, -0.25) is 9.59 Å². The lowest BCUT2D eigenvalue weighted by atomic mass is 10.2. The molecule has 0 heterocycles. The van der Waals surface area contributed by atoms with Crippen LogP contribution in [0.15, 0.2) is 24.3 Å². The summed E-state index contributed by atoms with van der Waals surface area (Å²) in [7, 11) is 0. The Hall–Kier alpha value is -1.35. The minimum Gasteiger partial charge on any atom is -0.326 e. The Morgan fingerprint density at radius 2 is 1.92 bits per heavy atom. The van der Waals surface area contributed by atoms with Crippen LogP contribution in [0.5, 0.6) is 0 Å². The van der Waals surface area contributed by atoms with Gasteiger partial charge in [0.15, 0.2) is 0 Å². The number of nitrogens with one attached hydrogen (secondary N) is 1. The molecule has 0 unspecified atom stereocenters. The minimum absolute atomic E-state index is 0.231. The van der Waals surface area contributed by atoms with Gasteiger partial charge in [0.05, 0.1) is 11.3 Å². The van der Waals surface area contributed by atoms with Gasteiger partial charge in [-0.2, -0.15) is 0 Å². The number of amides is 1. The van der Waals surface area contributed by atoms with Crippen molar-refractivity contribution in [3.63, 3.8) is 0 Å². The molecule has 1 aromatic carbocycles. The van der Waals surface area contributed by atoms with Crippen molar-refractivity contribution < 1.29 is 9.59 Å². The number of halogens is 1. The zero-order chi connectivity index (χ0) is 9.84. The second-order valence-electron chi connectivity index (χ2n) is 2.50. The van der Waals surface area contributed by atoms with Crippen LogP contribution in [0.2, 0.25) is 0 Å². The summed E-state index contributed by atoms with van der Waals surface area (Å²) in [5.41, 5.74) is 0.745. The quantitative estimate of drug-likeness (QED) is 0.738. The Balaban J connectivity index is 3.04. The van der Waals surface area contributed by atoms with E-state index in [1.807, 2.05) is 0 Å². The topological polar surface area (TPSA) is 46.2 Å². The zero-order valence-corrected chi connectivity index (χ0v) is 7.76. The third-order valence-corrected chi connectivity index (χ3v) is 1.65. The van der Waals surface area contributed by atoms with Gasteiger partial charge >= 0.3 is 0 Å². The van der Waals surface area contributed by atoms with Crippen LogP contribution in [-0.2, 0) is 4.79 Å². The number of para-hydroxylation sites is 1. The van der Waals surface area contributed by atoms with Gasteiger partial charge in [-0.15, -0.1) is 0 Å². The molecule has 13 heavy (non-hydrogen) atoms. The number of hydrogen-bond donors (Lipinski definition) is 1. The fourth-order valence-corrected chi connectivity index (χ4v) is 1.12. The first-order valence-corrected chi connectivity index (χ1v) is 4.05. The summed E-state index contributed by atoms with van der Waals surface area (Å²) in [4.78, 5) is 21.6. The normalized spacial score (nSPS) is 9.38. The summed E-state index contributed by atoms with van der Waals surface area (Å²) in [6.07, 6.45) is 0. The molecule has 0 spiro atoms. The van der Waals surface area contributed by atoms with Gasteiger partial charge in [0.25, 0.3) is 5.24 Å². The monoisotopic (exact) mass is 197 g/mol. The van der Waals surface area contributed by atoms with Gasteiger partial charge in [0.1, 0.15) is 0 Å². The average Bonchev–Trinajstić information content (AvgIpc) is 2.03. The van der Waals surface area contributed by atoms with Crippen LogP contribution >= 0.6 is 11.6 Å². The first-order chi connectivity index (χ1) is 6.11. The standard InChI is InChI=1S/C9H8ClNO2/c1-6(12)11-8-5-3-2-4-7(8)9(10)13/h2-5H,1H3,(H,11,12). The average molecular weight is 198 g/mol. The minimum atomic E-state index is -0.579. The van der Waals surface area contributed by atoms with E-state index in [9.17, 15) is 9.59 Å². The van der Waals surface area contributed by atoms with Crippen LogP contribution in [0.3, 0.4) is 0 Å². The van der Waals surface area contributed by atoms with E-state index in [2.05, 4.69) is 5.32 Å². The summed E-state index contributed by atoms with van der Waals surface area (Å²) in [5, 5.41) is 1.93. The smallest absolute Gasteiger partial charge is 0.254 e. The molecule has 0 aliphatic carbocycles. The molecule has 3 nitrogen and oxygen atoms in total. The molecule has 0 bridgehead atoms. The number of rotatable bonds is 2. The predicted octanol–water partition coefficient (Wildman–Crippen LogP) is 2.02. The van der Waals surface area contributed by atoms with Crippen molar-refractivity contribution in [2.75, 3.05) is 5.32 Å². The number of benzene rings is 1. The Morgan fingerprint density at radius 3 is 2.46 bits per heavy atom. The maximum atomic E-state index is 10.9. The maximum absolute atomic E-state index is 10.9. The van der Waals surface area contributed by atoms with Crippen molar-refractivity contribution >= 4 is 28.4 Å². The molecule has 0 fully saturated rings. The van der Waals surface area contributed by atoms with Crippen molar-refractivity contribution in [3.05, 3.63) is 29.8 Å². The Labute approximate surface area is 80.7 Å². The Kier molecular flexibility index (Phi) is 3.03. The van der Waals surface area contributed by atoms with E-state index in [1.54, 1.807) is 24.3 Å². The largest absolute Gasteiger partial charge is 0.326 e. The second-order valence-corrected chi connectivity index (χ2v) is 2.84. The molecule has 1 N–H and O–H groups in total. The molecule has 1 amide bonds. The molecular formula is C9H8ClNO2. The van der Waals surface area contributed by atoms with Crippen molar-refractivity contribution in [2.45, 2.75) is 6.92 Å². The summed E-state index contributed by atoms with van der Waals surface area (Å²) in [5.74, 6) is -0.231. The second kappa shape index (κ2) is 4.05. The van der Waals surface area contributed by atoms with Crippen molar-refractivity contribution in [1.29, 1.82) is 0 Å². The molecule has 0 aromatic heterocycles. The van der Waals surface area contributed by atoms with E-state index in [4.69, 9.17) is 11.6 Å². The molecule has 0 aliphatic heterocycles. The third kappa shape index (κ3) is 2.56. The van der Waals surface area contributed by atoms with E-state index >= 15 is 0 Å². The summed E-state index contributed by atoms with van der Waals surface area (Å²) in [6.45, 7) is 1.37. The predicted molar refractivity (Wildman–Crippen MR) is 50.9 cm³/mol. The van der Waals surface area contributed by atoms with E-state index in [-0.39, 0.29) is 5.91 Å². The molecule has 0 radical (unpaired) electrons. The van der Waals surface area contributed by atoms with Gasteiger partial charge in [0.2, 0.25) is 5.91 Å². The lowest BCUT2D eigenvalue weighted by molar-refractivity contribution is -0.114. The fraction of sp³-hybridized carbons (Fsp3) is 0.111. The fourth-order valence-electron chi connectivity index (χ4n) is 0.953. The SMILES string of the molecule is CC(=O)Nc1ccccc1C(=O)Cl.